The van der Waals surface area contributed by atoms with Crippen LogP contribution in [0, 0.1) is 0 Å². The molecule has 1 N–H and O–H groups in total. The fourth-order valence-corrected chi connectivity index (χ4v) is 3.34. The zero-order valence-corrected chi connectivity index (χ0v) is 12.8. The highest BCUT2D eigenvalue weighted by Gasteiger charge is 2.16. The van der Waals surface area contributed by atoms with Crippen LogP contribution < -0.4 is 5.32 Å². The highest BCUT2D eigenvalue weighted by Crippen LogP contribution is 2.17. The van der Waals surface area contributed by atoms with Gasteiger partial charge >= 0.3 is 0 Å². The molecule has 6 heteroatoms. The van der Waals surface area contributed by atoms with Crippen LogP contribution in [0.3, 0.4) is 0 Å². The van der Waals surface area contributed by atoms with Gasteiger partial charge in [-0.1, -0.05) is 19.1 Å². The predicted molar refractivity (Wildman–Crippen MR) is 80.4 cm³/mol. The number of thioether (sulfide) groups is 1. The minimum atomic E-state index is 0.762. The van der Waals surface area contributed by atoms with Gasteiger partial charge in [0.25, 0.3) is 0 Å². The van der Waals surface area contributed by atoms with Crippen molar-refractivity contribution in [2.24, 2.45) is 0 Å². The molecule has 0 aliphatic carbocycles. The van der Waals surface area contributed by atoms with Gasteiger partial charge in [-0.05, 0) is 13.0 Å². The summed E-state index contributed by atoms with van der Waals surface area (Å²) in [7, 11) is 0. The highest BCUT2D eigenvalue weighted by atomic mass is 32.2. The van der Waals surface area contributed by atoms with Crippen molar-refractivity contribution in [3.63, 3.8) is 0 Å². The van der Waals surface area contributed by atoms with Gasteiger partial charge in [0.15, 0.2) is 0 Å². The van der Waals surface area contributed by atoms with E-state index in [4.69, 9.17) is 0 Å². The summed E-state index contributed by atoms with van der Waals surface area (Å²) in [5.74, 6) is 1.25. The summed E-state index contributed by atoms with van der Waals surface area (Å²) in [6.07, 6.45) is 3.21. The topological polar surface area (TPSA) is 46.0 Å². The van der Waals surface area contributed by atoms with Gasteiger partial charge in [0.05, 0.1) is 12.2 Å². The molecule has 0 bridgehead atoms. The van der Waals surface area contributed by atoms with Gasteiger partial charge in [-0.15, -0.1) is 5.10 Å². The standard InChI is InChI=1S/C13H25N5S/c1-3-4-14-9-13-11-18(16-15-13)6-5-17-7-8-19-12(2)10-17/h11-12,14H,3-10H2,1-2H3. The van der Waals surface area contributed by atoms with E-state index in [1.54, 1.807) is 0 Å². The fourth-order valence-electron chi connectivity index (χ4n) is 2.26. The Kier molecular flexibility index (Phi) is 6.13. The van der Waals surface area contributed by atoms with Crippen molar-refractivity contribution in [1.29, 1.82) is 0 Å². The molecule has 1 aliphatic rings. The van der Waals surface area contributed by atoms with Crippen molar-refractivity contribution in [1.82, 2.24) is 25.2 Å². The molecular formula is C13H25N5S. The third kappa shape index (κ3) is 5.12. The number of hydrogen-bond donors (Lipinski definition) is 1. The van der Waals surface area contributed by atoms with Gasteiger partial charge in [0.1, 0.15) is 0 Å². The molecule has 1 aliphatic heterocycles. The molecule has 1 unspecified atom stereocenters. The van der Waals surface area contributed by atoms with E-state index < -0.39 is 0 Å². The summed E-state index contributed by atoms with van der Waals surface area (Å²) in [6.45, 7) is 10.8. The van der Waals surface area contributed by atoms with E-state index in [0.29, 0.717) is 0 Å². The largest absolute Gasteiger partial charge is 0.311 e. The molecule has 1 atom stereocenters. The molecule has 1 fully saturated rings. The van der Waals surface area contributed by atoms with Crippen molar-refractivity contribution >= 4 is 11.8 Å². The van der Waals surface area contributed by atoms with Crippen molar-refractivity contribution < 1.29 is 0 Å². The molecule has 2 rings (SSSR count). The van der Waals surface area contributed by atoms with Gasteiger partial charge in [0.2, 0.25) is 0 Å². The molecule has 0 amide bonds. The quantitative estimate of drug-likeness (QED) is 0.762. The Hall–Kier alpha value is -0.590. The molecule has 0 radical (unpaired) electrons. The van der Waals surface area contributed by atoms with Crippen molar-refractivity contribution in [2.45, 2.75) is 38.6 Å². The Labute approximate surface area is 120 Å². The molecule has 108 valence electrons. The van der Waals surface area contributed by atoms with Crippen molar-refractivity contribution in [3.8, 4) is 0 Å². The van der Waals surface area contributed by atoms with E-state index in [2.05, 4.69) is 52.3 Å². The average Bonchev–Trinajstić information content (AvgIpc) is 2.85. The Balaban J connectivity index is 1.70. The molecule has 1 saturated heterocycles. The molecule has 19 heavy (non-hydrogen) atoms. The Morgan fingerprint density at radius 2 is 2.37 bits per heavy atom. The first-order valence-corrected chi connectivity index (χ1v) is 8.26. The van der Waals surface area contributed by atoms with E-state index in [-0.39, 0.29) is 0 Å². The molecule has 0 saturated carbocycles. The molecule has 0 spiro atoms. The summed E-state index contributed by atoms with van der Waals surface area (Å²) < 4.78 is 1.97. The summed E-state index contributed by atoms with van der Waals surface area (Å²) in [6, 6.07) is 0. The monoisotopic (exact) mass is 283 g/mol. The van der Waals surface area contributed by atoms with E-state index in [1.165, 1.54) is 18.8 Å². The van der Waals surface area contributed by atoms with Crippen LogP contribution in [0.2, 0.25) is 0 Å². The SMILES string of the molecule is CCCNCc1cn(CCN2CCSC(C)C2)nn1. The lowest BCUT2D eigenvalue weighted by Gasteiger charge is -2.30. The van der Waals surface area contributed by atoms with E-state index in [0.717, 1.165) is 43.5 Å². The first-order valence-electron chi connectivity index (χ1n) is 7.21. The van der Waals surface area contributed by atoms with Crippen LogP contribution in [0.4, 0.5) is 0 Å². The van der Waals surface area contributed by atoms with Crippen LogP contribution >= 0.6 is 11.8 Å². The summed E-state index contributed by atoms with van der Waals surface area (Å²) >= 11 is 2.07. The number of nitrogens with zero attached hydrogens (tertiary/aromatic N) is 4. The summed E-state index contributed by atoms with van der Waals surface area (Å²) in [5, 5.41) is 12.5. The first kappa shape index (κ1) is 14.8. The third-order valence-corrected chi connectivity index (χ3v) is 4.43. The van der Waals surface area contributed by atoms with Crippen molar-refractivity contribution in [3.05, 3.63) is 11.9 Å². The second kappa shape index (κ2) is 7.87. The zero-order valence-electron chi connectivity index (χ0n) is 12.0. The van der Waals surface area contributed by atoms with E-state index >= 15 is 0 Å². The minimum Gasteiger partial charge on any atom is -0.311 e. The third-order valence-electron chi connectivity index (χ3n) is 3.29. The number of nitrogens with one attached hydrogen (secondary N) is 1. The normalized spacial score (nSPS) is 20.8. The molecule has 1 aromatic rings. The summed E-state index contributed by atoms with van der Waals surface area (Å²) in [4.78, 5) is 2.53. The molecule has 5 nitrogen and oxygen atoms in total. The maximum absolute atomic E-state index is 4.19. The van der Waals surface area contributed by atoms with Gasteiger partial charge in [-0.25, -0.2) is 0 Å². The van der Waals surface area contributed by atoms with Gasteiger partial charge in [0, 0.05) is 43.4 Å². The first-order chi connectivity index (χ1) is 9.28. The van der Waals surface area contributed by atoms with Gasteiger partial charge < -0.3 is 5.32 Å². The second-order valence-corrected chi connectivity index (χ2v) is 6.68. The van der Waals surface area contributed by atoms with Crippen LogP contribution in [-0.4, -0.2) is 57.1 Å². The van der Waals surface area contributed by atoms with Crippen LogP contribution in [-0.2, 0) is 13.1 Å². The lowest BCUT2D eigenvalue weighted by atomic mass is 10.3. The maximum Gasteiger partial charge on any atom is 0.0964 e. The molecule has 2 heterocycles. The lowest BCUT2D eigenvalue weighted by molar-refractivity contribution is 0.269. The van der Waals surface area contributed by atoms with Crippen LogP contribution in [0.1, 0.15) is 26.0 Å². The molecule has 0 aromatic carbocycles. The van der Waals surface area contributed by atoms with Crippen LogP contribution in [0.15, 0.2) is 6.20 Å². The lowest BCUT2D eigenvalue weighted by Crippen LogP contribution is -2.38. The molecule has 1 aromatic heterocycles. The predicted octanol–water partition coefficient (Wildman–Crippen LogP) is 1.21. The average molecular weight is 283 g/mol. The zero-order chi connectivity index (χ0) is 13.5. The van der Waals surface area contributed by atoms with Gasteiger partial charge in [-0.3, -0.25) is 9.58 Å². The van der Waals surface area contributed by atoms with Crippen LogP contribution in [0.25, 0.3) is 0 Å². The number of aromatic nitrogens is 3. The maximum atomic E-state index is 4.19. The van der Waals surface area contributed by atoms with Crippen LogP contribution in [0.5, 0.6) is 0 Å². The summed E-state index contributed by atoms with van der Waals surface area (Å²) in [5.41, 5.74) is 1.04. The fraction of sp³-hybridized carbons (Fsp3) is 0.846. The highest BCUT2D eigenvalue weighted by molar-refractivity contribution is 7.99. The van der Waals surface area contributed by atoms with E-state index in [9.17, 15) is 0 Å². The van der Waals surface area contributed by atoms with Gasteiger partial charge in [-0.2, -0.15) is 11.8 Å². The Bertz CT molecular complexity index is 368. The van der Waals surface area contributed by atoms with Crippen molar-refractivity contribution in [2.75, 3.05) is 31.9 Å². The molecular weight excluding hydrogens is 258 g/mol. The Morgan fingerprint density at radius 3 is 3.16 bits per heavy atom. The second-order valence-electron chi connectivity index (χ2n) is 5.13. The van der Waals surface area contributed by atoms with E-state index in [1.807, 2.05) is 4.68 Å². The smallest absolute Gasteiger partial charge is 0.0964 e. The number of hydrogen-bond acceptors (Lipinski definition) is 5. The Morgan fingerprint density at radius 1 is 1.47 bits per heavy atom. The number of rotatable bonds is 7. The minimum absolute atomic E-state index is 0.762.